The van der Waals surface area contributed by atoms with Crippen LogP contribution in [0.1, 0.15) is 18.3 Å². The molecule has 1 rings (SSSR count). The fourth-order valence-electron chi connectivity index (χ4n) is 0.934. The van der Waals surface area contributed by atoms with Crippen LogP contribution in [0, 0.1) is 13.3 Å². The maximum absolute atomic E-state index is 4.24. The average Bonchev–Trinajstić information content (AvgIpc) is 2.20. The minimum Gasteiger partial charge on any atom is -0.338 e. The van der Waals surface area contributed by atoms with E-state index in [1.54, 1.807) is 0 Å². The highest BCUT2D eigenvalue weighted by Gasteiger charge is 2.05. The second kappa shape index (κ2) is 2.78. The lowest BCUT2D eigenvalue weighted by Crippen LogP contribution is -1.91. The third-order valence-corrected chi connectivity index (χ3v) is 1.73. The van der Waals surface area contributed by atoms with Crippen LogP contribution in [0.25, 0.3) is 0 Å². The lowest BCUT2D eigenvalue weighted by Gasteiger charge is -1.92. The van der Waals surface area contributed by atoms with E-state index in [4.69, 9.17) is 0 Å². The van der Waals surface area contributed by atoms with Crippen LogP contribution < -0.4 is 0 Å². The van der Waals surface area contributed by atoms with Crippen LogP contribution in [0.15, 0.2) is 6.33 Å². The molecule has 0 aliphatic rings. The first kappa shape index (κ1) is 7.19. The molecular formula is C8H13N2+. The highest BCUT2D eigenvalue weighted by Crippen LogP contribution is 2.05. The van der Waals surface area contributed by atoms with Gasteiger partial charge >= 0.3 is 0 Å². The molecule has 0 N–H and O–H groups in total. The van der Waals surface area contributed by atoms with Gasteiger partial charge in [0.15, 0.2) is 0 Å². The zero-order valence-corrected chi connectivity index (χ0v) is 6.76. The summed E-state index contributed by atoms with van der Waals surface area (Å²) in [6, 6.07) is 0. The van der Waals surface area contributed by atoms with Crippen molar-refractivity contribution in [1.82, 2.24) is 9.55 Å². The molecule has 0 atom stereocenters. The van der Waals surface area contributed by atoms with E-state index >= 15 is 0 Å². The number of hydrogen-bond donors (Lipinski definition) is 0. The minimum atomic E-state index is 0.979. The zero-order chi connectivity index (χ0) is 7.56. The largest absolute Gasteiger partial charge is 0.338 e. The molecule has 10 heavy (non-hydrogen) atoms. The van der Waals surface area contributed by atoms with Crippen molar-refractivity contribution < 1.29 is 0 Å². The summed E-state index contributed by atoms with van der Waals surface area (Å²) in [5, 5.41) is 0. The molecule has 2 heteroatoms. The standard InChI is InChI=1S/C8H13N2/c1-4-5-8-7(2)10(3)6-9-8/h4,6H,5H2,1-3H3/q+1. The predicted octanol–water partition coefficient (Wildman–Crippen LogP) is 1.50. The molecule has 0 spiro atoms. The van der Waals surface area contributed by atoms with E-state index < -0.39 is 0 Å². The molecule has 0 amide bonds. The second-order valence-corrected chi connectivity index (χ2v) is 2.50. The minimum absolute atomic E-state index is 0.979. The molecule has 0 saturated carbocycles. The van der Waals surface area contributed by atoms with Gasteiger partial charge in [-0.2, -0.15) is 0 Å². The first-order valence-corrected chi connectivity index (χ1v) is 3.50. The first-order valence-electron chi connectivity index (χ1n) is 3.50. The van der Waals surface area contributed by atoms with Crippen LogP contribution in [-0.4, -0.2) is 9.55 Å². The van der Waals surface area contributed by atoms with Crippen LogP contribution in [0.4, 0.5) is 0 Å². The molecule has 0 aromatic carbocycles. The SMILES string of the molecule is C[CH+]Cc1ncn(C)c1C. The summed E-state index contributed by atoms with van der Waals surface area (Å²) in [5.41, 5.74) is 2.45. The highest BCUT2D eigenvalue weighted by atomic mass is 15.0. The fraction of sp³-hybridized carbons (Fsp3) is 0.500. The Morgan fingerprint density at radius 1 is 1.70 bits per heavy atom. The summed E-state index contributed by atoms with van der Waals surface area (Å²) in [6.07, 6.45) is 4.95. The van der Waals surface area contributed by atoms with Crippen molar-refractivity contribution in [2.24, 2.45) is 7.05 Å². The highest BCUT2D eigenvalue weighted by molar-refractivity contribution is 5.12. The zero-order valence-electron chi connectivity index (χ0n) is 6.76. The molecule has 54 valence electrons. The summed E-state index contributed by atoms with van der Waals surface area (Å²) in [6.45, 7) is 4.14. The lowest BCUT2D eigenvalue weighted by atomic mass is 10.2. The smallest absolute Gasteiger partial charge is 0.131 e. The average molecular weight is 137 g/mol. The normalized spacial score (nSPS) is 9.90. The van der Waals surface area contributed by atoms with Gasteiger partial charge in [0.05, 0.1) is 19.7 Å². The topological polar surface area (TPSA) is 17.8 Å². The quantitative estimate of drug-likeness (QED) is 0.565. The Hall–Kier alpha value is -0.920. The van der Waals surface area contributed by atoms with Crippen LogP contribution in [0.3, 0.4) is 0 Å². The molecule has 1 aromatic rings. The van der Waals surface area contributed by atoms with Crippen LogP contribution >= 0.6 is 0 Å². The molecule has 0 aliphatic carbocycles. The number of rotatable bonds is 2. The summed E-state index contributed by atoms with van der Waals surface area (Å²) in [5.74, 6) is 0. The summed E-state index contributed by atoms with van der Waals surface area (Å²) < 4.78 is 2.04. The molecule has 1 heterocycles. The van der Waals surface area contributed by atoms with Gasteiger partial charge in [-0.25, -0.2) is 4.98 Å². The third kappa shape index (κ3) is 1.15. The van der Waals surface area contributed by atoms with Gasteiger partial charge in [0, 0.05) is 12.7 Å². The van der Waals surface area contributed by atoms with Crippen LogP contribution in [0.5, 0.6) is 0 Å². The molecule has 2 nitrogen and oxygen atoms in total. The lowest BCUT2D eigenvalue weighted by molar-refractivity contribution is 0.868. The van der Waals surface area contributed by atoms with E-state index in [0.717, 1.165) is 6.42 Å². The number of aromatic nitrogens is 2. The van der Waals surface area contributed by atoms with Gasteiger partial charge in [0.25, 0.3) is 0 Å². The van der Waals surface area contributed by atoms with Gasteiger partial charge in [-0.1, -0.05) is 0 Å². The summed E-state index contributed by atoms with van der Waals surface area (Å²) in [7, 11) is 2.02. The van der Waals surface area contributed by atoms with Crippen molar-refractivity contribution in [3.8, 4) is 0 Å². The van der Waals surface area contributed by atoms with Crippen molar-refractivity contribution in [3.63, 3.8) is 0 Å². The Labute approximate surface area is 61.9 Å². The number of nitrogens with zero attached hydrogens (tertiary/aromatic N) is 2. The molecule has 0 bridgehead atoms. The Morgan fingerprint density at radius 2 is 2.40 bits per heavy atom. The maximum Gasteiger partial charge on any atom is 0.131 e. The first-order chi connectivity index (χ1) is 4.75. The van der Waals surface area contributed by atoms with E-state index in [0.29, 0.717) is 0 Å². The van der Waals surface area contributed by atoms with Gasteiger partial charge in [-0.05, 0) is 6.92 Å². The van der Waals surface area contributed by atoms with Crippen LogP contribution in [0.2, 0.25) is 0 Å². The molecule has 0 aliphatic heterocycles. The fourth-order valence-corrected chi connectivity index (χ4v) is 0.934. The van der Waals surface area contributed by atoms with Crippen molar-refractivity contribution in [2.45, 2.75) is 20.3 Å². The van der Waals surface area contributed by atoms with E-state index in [2.05, 4.69) is 18.3 Å². The van der Waals surface area contributed by atoms with Crippen molar-refractivity contribution in [1.29, 1.82) is 0 Å². The van der Waals surface area contributed by atoms with Gasteiger partial charge < -0.3 is 4.57 Å². The van der Waals surface area contributed by atoms with Gasteiger partial charge in [-0.15, -0.1) is 0 Å². The summed E-state index contributed by atoms with van der Waals surface area (Å²) >= 11 is 0. The Bertz CT molecular complexity index is 213. The van der Waals surface area contributed by atoms with Crippen molar-refractivity contribution >= 4 is 0 Å². The van der Waals surface area contributed by atoms with Crippen LogP contribution in [-0.2, 0) is 13.5 Å². The molecule has 0 saturated heterocycles. The van der Waals surface area contributed by atoms with Gasteiger partial charge in [0.2, 0.25) is 0 Å². The van der Waals surface area contributed by atoms with E-state index in [-0.39, 0.29) is 0 Å². The maximum atomic E-state index is 4.24. The molecule has 0 unspecified atom stereocenters. The van der Waals surface area contributed by atoms with E-state index in [9.17, 15) is 0 Å². The third-order valence-electron chi connectivity index (χ3n) is 1.73. The molecule has 0 radical (unpaired) electrons. The number of imidazole rings is 1. The Balaban J connectivity index is 2.83. The van der Waals surface area contributed by atoms with Crippen molar-refractivity contribution in [2.75, 3.05) is 0 Å². The molecule has 1 aromatic heterocycles. The Kier molecular flexibility index (Phi) is 2.00. The van der Waals surface area contributed by atoms with Gasteiger partial charge in [-0.3, -0.25) is 0 Å². The predicted molar refractivity (Wildman–Crippen MR) is 41.6 cm³/mol. The Morgan fingerprint density at radius 3 is 2.80 bits per heavy atom. The molecule has 0 fully saturated rings. The van der Waals surface area contributed by atoms with Gasteiger partial charge in [0.1, 0.15) is 12.1 Å². The van der Waals surface area contributed by atoms with E-state index in [1.165, 1.54) is 11.4 Å². The summed E-state index contributed by atoms with van der Waals surface area (Å²) in [4.78, 5) is 4.24. The number of aryl methyl sites for hydroxylation is 1. The second-order valence-electron chi connectivity index (χ2n) is 2.50. The van der Waals surface area contributed by atoms with Crippen molar-refractivity contribution in [3.05, 3.63) is 24.1 Å². The number of hydrogen-bond acceptors (Lipinski definition) is 1. The molecular weight excluding hydrogens is 124 g/mol. The monoisotopic (exact) mass is 137 g/mol. The van der Waals surface area contributed by atoms with E-state index in [1.807, 2.05) is 24.9 Å².